The zero-order valence-electron chi connectivity index (χ0n) is 15.1. The number of carboxylic acid groups (broad SMARTS) is 1. The lowest BCUT2D eigenvalue weighted by Gasteiger charge is -2.31. The van der Waals surface area contributed by atoms with E-state index in [0.29, 0.717) is 22.4 Å². The van der Waals surface area contributed by atoms with Gasteiger partial charge in [-0.25, -0.2) is 0 Å². The van der Waals surface area contributed by atoms with Crippen LogP contribution in [-0.2, 0) is 32.6 Å². The van der Waals surface area contributed by atoms with E-state index >= 15 is 0 Å². The summed E-state index contributed by atoms with van der Waals surface area (Å²) in [4.78, 5) is 26.1. The SMILES string of the molecule is CCOC(=O)C(C)(C(=O)[O-])c1cccc2c1Sc1cc(C#N)ccc1CC2. The Morgan fingerprint density at radius 1 is 1.26 bits per heavy atom. The van der Waals surface area contributed by atoms with Crippen molar-refractivity contribution in [1.29, 1.82) is 5.26 Å². The molecule has 1 aliphatic heterocycles. The maximum Gasteiger partial charge on any atom is 0.322 e. The molecule has 1 aliphatic rings. The number of ether oxygens (including phenoxy) is 1. The predicted octanol–water partition coefficient (Wildman–Crippen LogP) is 2.38. The van der Waals surface area contributed by atoms with Crippen LogP contribution in [0.15, 0.2) is 46.2 Å². The summed E-state index contributed by atoms with van der Waals surface area (Å²) in [5, 5.41) is 21.2. The van der Waals surface area contributed by atoms with Crippen LogP contribution < -0.4 is 5.11 Å². The number of rotatable bonds is 4. The van der Waals surface area contributed by atoms with E-state index in [1.54, 1.807) is 31.2 Å². The number of aliphatic carboxylic acids is 1. The number of esters is 1. The molecule has 0 saturated heterocycles. The first-order valence-electron chi connectivity index (χ1n) is 8.63. The van der Waals surface area contributed by atoms with Gasteiger partial charge in [0.05, 0.1) is 24.2 Å². The Morgan fingerprint density at radius 2 is 2.00 bits per heavy atom. The van der Waals surface area contributed by atoms with Crippen molar-refractivity contribution in [2.24, 2.45) is 0 Å². The molecule has 2 aromatic carbocycles. The average Bonchev–Trinajstić information content (AvgIpc) is 2.85. The highest BCUT2D eigenvalue weighted by Crippen LogP contribution is 2.43. The van der Waals surface area contributed by atoms with Gasteiger partial charge in [0, 0.05) is 9.79 Å². The van der Waals surface area contributed by atoms with E-state index in [1.165, 1.54) is 18.7 Å². The van der Waals surface area contributed by atoms with Crippen molar-refractivity contribution in [3.8, 4) is 6.07 Å². The number of carbonyl (C=O) groups excluding carboxylic acids is 2. The molecule has 2 aromatic rings. The number of carboxylic acids is 1. The molecular formula is C21H18NO4S-. The summed E-state index contributed by atoms with van der Waals surface area (Å²) in [5.41, 5.74) is 1.04. The monoisotopic (exact) mass is 380 g/mol. The number of fused-ring (bicyclic) bond motifs is 2. The third-order valence-electron chi connectivity index (χ3n) is 4.80. The minimum Gasteiger partial charge on any atom is -0.549 e. The van der Waals surface area contributed by atoms with Gasteiger partial charge >= 0.3 is 5.97 Å². The van der Waals surface area contributed by atoms with Crippen molar-refractivity contribution in [1.82, 2.24) is 0 Å². The lowest BCUT2D eigenvalue weighted by Crippen LogP contribution is -2.50. The van der Waals surface area contributed by atoms with Crippen LogP contribution in [0, 0.1) is 11.3 Å². The molecule has 27 heavy (non-hydrogen) atoms. The summed E-state index contributed by atoms with van der Waals surface area (Å²) in [6.07, 6.45) is 1.48. The number of nitrogens with zero attached hydrogens (tertiary/aromatic N) is 1. The second-order valence-corrected chi connectivity index (χ2v) is 7.52. The Balaban J connectivity index is 2.18. The number of carbonyl (C=O) groups is 2. The van der Waals surface area contributed by atoms with Crippen LogP contribution in [0.3, 0.4) is 0 Å². The summed E-state index contributed by atoms with van der Waals surface area (Å²) >= 11 is 1.39. The molecule has 6 heteroatoms. The number of hydrogen-bond donors (Lipinski definition) is 0. The molecule has 1 unspecified atom stereocenters. The molecule has 0 radical (unpaired) electrons. The highest BCUT2D eigenvalue weighted by Gasteiger charge is 2.41. The predicted molar refractivity (Wildman–Crippen MR) is 98.1 cm³/mol. The maximum atomic E-state index is 12.5. The molecule has 0 bridgehead atoms. The van der Waals surface area contributed by atoms with Crippen LogP contribution in [0.5, 0.6) is 0 Å². The topological polar surface area (TPSA) is 90.2 Å². The maximum absolute atomic E-state index is 12.5. The summed E-state index contributed by atoms with van der Waals surface area (Å²) in [6.45, 7) is 3.04. The fourth-order valence-corrected chi connectivity index (χ4v) is 4.57. The highest BCUT2D eigenvalue weighted by molar-refractivity contribution is 7.99. The summed E-state index contributed by atoms with van der Waals surface area (Å²) < 4.78 is 5.04. The smallest absolute Gasteiger partial charge is 0.322 e. The molecule has 0 fully saturated rings. The normalized spacial score (nSPS) is 14.7. The lowest BCUT2D eigenvalue weighted by atomic mass is 9.81. The molecule has 1 heterocycles. The molecule has 0 amide bonds. The van der Waals surface area contributed by atoms with E-state index in [9.17, 15) is 20.0 Å². The van der Waals surface area contributed by atoms with Crippen molar-refractivity contribution in [3.05, 3.63) is 58.7 Å². The molecule has 0 saturated carbocycles. The Kier molecular flexibility index (Phi) is 5.24. The Bertz CT molecular complexity index is 963. The Morgan fingerprint density at radius 3 is 2.67 bits per heavy atom. The Labute approximate surface area is 162 Å². The number of hydrogen-bond acceptors (Lipinski definition) is 6. The van der Waals surface area contributed by atoms with Gasteiger partial charge in [0.1, 0.15) is 5.41 Å². The van der Waals surface area contributed by atoms with E-state index in [0.717, 1.165) is 22.4 Å². The number of aryl methyl sites for hydroxylation is 2. The fourth-order valence-electron chi connectivity index (χ4n) is 3.18. The zero-order valence-corrected chi connectivity index (χ0v) is 15.9. The van der Waals surface area contributed by atoms with Crippen LogP contribution in [0.4, 0.5) is 0 Å². The summed E-state index contributed by atoms with van der Waals surface area (Å²) in [7, 11) is 0. The molecule has 0 aliphatic carbocycles. The van der Waals surface area contributed by atoms with Gasteiger partial charge in [0.2, 0.25) is 0 Å². The standard InChI is InChI=1S/C21H19NO4S/c1-3-26-20(25)21(2,19(23)24)16-6-4-5-15-10-9-14-8-7-13(12-22)11-17(14)27-18(15)16/h4-8,11H,3,9-10H2,1-2H3,(H,23,24)/p-1. The van der Waals surface area contributed by atoms with Gasteiger partial charge in [-0.2, -0.15) is 5.26 Å². The van der Waals surface area contributed by atoms with Gasteiger partial charge in [-0.05, 0) is 55.5 Å². The molecule has 0 aromatic heterocycles. The lowest BCUT2D eigenvalue weighted by molar-refractivity contribution is -0.312. The van der Waals surface area contributed by atoms with E-state index in [-0.39, 0.29) is 6.61 Å². The largest absolute Gasteiger partial charge is 0.549 e. The van der Waals surface area contributed by atoms with E-state index in [4.69, 9.17) is 4.74 Å². The van der Waals surface area contributed by atoms with E-state index < -0.39 is 17.4 Å². The molecule has 1 atom stereocenters. The molecule has 0 spiro atoms. The number of nitriles is 1. The fraction of sp³-hybridized carbons (Fsp3) is 0.286. The van der Waals surface area contributed by atoms with Crippen molar-refractivity contribution in [3.63, 3.8) is 0 Å². The van der Waals surface area contributed by atoms with Crippen LogP contribution >= 0.6 is 11.8 Å². The van der Waals surface area contributed by atoms with Crippen molar-refractivity contribution in [2.45, 2.75) is 41.9 Å². The van der Waals surface area contributed by atoms with Crippen LogP contribution in [0.2, 0.25) is 0 Å². The summed E-state index contributed by atoms with van der Waals surface area (Å²) in [6, 6.07) is 13.0. The molecule has 138 valence electrons. The van der Waals surface area contributed by atoms with Gasteiger partial charge in [0.25, 0.3) is 0 Å². The average molecular weight is 380 g/mol. The van der Waals surface area contributed by atoms with Gasteiger partial charge in [-0.3, -0.25) is 4.79 Å². The van der Waals surface area contributed by atoms with E-state index in [2.05, 4.69) is 6.07 Å². The molecule has 5 nitrogen and oxygen atoms in total. The first-order chi connectivity index (χ1) is 12.9. The minimum atomic E-state index is -1.91. The second-order valence-electron chi connectivity index (χ2n) is 6.46. The quantitative estimate of drug-likeness (QED) is 0.597. The number of benzene rings is 2. The summed E-state index contributed by atoms with van der Waals surface area (Å²) in [5.74, 6) is -2.33. The first-order valence-corrected chi connectivity index (χ1v) is 9.45. The van der Waals surface area contributed by atoms with Crippen molar-refractivity contribution < 1.29 is 19.4 Å². The van der Waals surface area contributed by atoms with Gasteiger partial charge in [0.15, 0.2) is 0 Å². The van der Waals surface area contributed by atoms with Crippen LogP contribution in [0.25, 0.3) is 0 Å². The van der Waals surface area contributed by atoms with Crippen molar-refractivity contribution >= 4 is 23.7 Å². The first kappa shape index (κ1) is 19.0. The zero-order chi connectivity index (χ0) is 19.6. The van der Waals surface area contributed by atoms with E-state index in [1.807, 2.05) is 12.1 Å². The van der Waals surface area contributed by atoms with Gasteiger partial charge in [-0.1, -0.05) is 36.0 Å². The van der Waals surface area contributed by atoms with Crippen LogP contribution in [-0.4, -0.2) is 18.5 Å². The van der Waals surface area contributed by atoms with Crippen molar-refractivity contribution in [2.75, 3.05) is 6.61 Å². The minimum absolute atomic E-state index is 0.0816. The highest BCUT2D eigenvalue weighted by atomic mass is 32.2. The molecule has 3 rings (SSSR count). The van der Waals surface area contributed by atoms with Gasteiger partial charge < -0.3 is 14.6 Å². The third-order valence-corrected chi connectivity index (χ3v) is 6.09. The van der Waals surface area contributed by atoms with Gasteiger partial charge in [-0.15, -0.1) is 0 Å². The molecular weight excluding hydrogens is 362 g/mol. The third kappa shape index (κ3) is 3.31. The Hall–Kier alpha value is -2.78. The second kappa shape index (κ2) is 7.45. The molecule has 0 N–H and O–H groups in total. The van der Waals surface area contributed by atoms with Crippen LogP contribution in [0.1, 0.15) is 36.1 Å².